The molecule has 1 aromatic heterocycles. The van der Waals surface area contributed by atoms with Gasteiger partial charge in [0.2, 0.25) is 0 Å². The van der Waals surface area contributed by atoms with E-state index >= 15 is 0 Å². The second-order valence-electron chi connectivity index (χ2n) is 9.58. The number of thiazole rings is 1. The second kappa shape index (κ2) is 11.2. The second-order valence-corrected chi connectivity index (χ2v) is 10.6. The summed E-state index contributed by atoms with van der Waals surface area (Å²) in [5.41, 5.74) is 2.31. The number of hydrogen-bond donors (Lipinski definition) is 0. The van der Waals surface area contributed by atoms with Crippen LogP contribution in [0.2, 0.25) is 0 Å². The number of benzene rings is 2. The van der Waals surface area contributed by atoms with E-state index in [0.717, 1.165) is 16.9 Å². The van der Waals surface area contributed by atoms with Gasteiger partial charge in [-0.2, -0.15) is 0 Å². The van der Waals surface area contributed by atoms with Crippen molar-refractivity contribution in [3.8, 4) is 11.5 Å². The largest absolute Gasteiger partial charge is 0.497 e. The predicted octanol–water partition coefficient (Wildman–Crippen LogP) is 4.23. The minimum atomic E-state index is -0.664. The van der Waals surface area contributed by atoms with Crippen molar-refractivity contribution in [2.45, 2.75) is 46.8 Å². The summed E-state index contributed by atoms with van der Waals surface area (Å²) in [5.74, 6) is 1.42. The van der Waals surface area contributed by atoms with Gasteiger partial charge >= 0.3 is 5.97 Å². The van der Waals surface area contributed by atoms with Crippen LogP contribution in [0.25, 0.3) is 6.08 Å². The quantitative estimate of drug-likeness (QED) is 0.416. The lowest BCUT2D eigenvalue weighted by Gasteiger charge is -2.25. The number of allylic oxidation sites excluding steroid dienone is 1. The lowest BCUT2D eigenvalue weighted by Crippen LogP contribution is -2.40. The van der Waals surface area contributed by atoms with Crippen LogP contribution in [0.15, 0.2) is 69.6 Å². The number of rotatable bonds is 8. The summed E-state index contributed by atoms with van der Waals surface area (Å²) in [6.07, 6.45) is 1.54. The smallest absolute Gasteiger partial charge is 0.338 e. The Morgan fingerprint density at radius 1 is 1.05 bits per heavy atom. The molecule has 0 aliphatic carbocycles. The molecular weight excluding hydrogens is 488 g/mol. The number of hydrogen-bond acceptors (Lipinski definition) is 7. The first-order valence-electron chi connectivity index (χ1n) is 12.3. The zero-order chi connectivity index (χ0) is 26.7. The molecule has 0 amide bonds. The molecule has 1 aliphatic heterocycles. The van der Waals surface area contributed by atoms with E-state index in [2.05, 4.69) is 18.8 Å². The molecule has 194 valence electrons. The molecule has 0 fully saturated rings. The van der Waals surface area contributed by atoms with Gasteiger partial charge in [-0.15, -0.1) is 0 Å². The van der Waals surface area contributed by atoms with Gasteiger partial charge in [-0.1, -0.05) is 49.4 Å². The monoisotopic (exact) mass is 520 g/mol. The minimum absolute atomic E-state index is 0.216. The summed E-state index contributed by atoms with van der Waals surface area (Å²) in [6, 6.07) is 14.3. The lowest BCUT2D eigenvalue weighted by molar-refractivity contribution is -0.143. The summed E-state index contributed by atoms with van der Waals surface area (Å²) < 4.78 is 18.7. The van der Waals surface area contributed by atoms with Crippen LogP contribution >= 0.6 is 11.3 Å². The molecule has 0 saturated carbocycles. The standard InChI is InChI=1S/C29H32N2O5S/c1-17(2)16-35-23-11-7-20(8-12-23)15-24-27(32)31-26(21-9-13-22(34-6)14-10-21)25(28(33)36-18(3)4)19(5)30-29(31)37-24/h7-15,17-18,26H,16H2,1-6H3/b24-15+/t26-/m0/s1. The highest BCUT2D eigenvalue weighted by Crippen LogP contribution is 2.31. The van der Waals surface area contributed by atoms with Crippen LogP contribution in [-0.2, 0) is 9.53 Å². The normalized spacial score (nSPS) is 15.6. The van der Waals surface area contributed by atoms with Gasteiger partial charge in [0.05, 0.1) is 41.7 Å². The Labute approximate surface area is 220 Å². The fourth-order valence-corrected chi connectivity index (χ4v) is 5.08. The van der Waals surface area contributed by atoms with Crippen molar-refractivity contribution >= 4 is 23.4 Å². The minimum Gasteiger partial charge on any atom is -0.497 e. The van der Waals surface area contributed by atoms with E-state index in [0.29, 0.717) is 38.9 Å². The van der Waals surface area contributed by atoms with Crippen LogP contribution in [0.4, 0.5) is 0 Å². The summed E-state index contributed by atoms with van der Waals surface area (Å²) in [5, 5.41) is 0. The molecule has 0 N–H and O–H groups in total. The fraction of sp³-hybridized carbons (Fsp3) is 0.345. The molecule has 37 heavy (non-hydrogen) atoms. The first-order chi connectivity index (χ1) is 17.7. The van der Waals surface area contributed by atoms with Crippen molar-refractivity contribution in [2.75, 3.05) is 13.7 Å². The lowest BCUT2D eigenvalue weighted by atomic mass is 9.96. The highest BCUT2D eigenvalue weighted by atomic mass is 32.1. The Hall–Kier alpha value is -3.65. The summed E-state index contributed by atoms with van der Waals surface area (Å²) >= 11 is 1.30. The van der Waals surface area contributed by atoms with E-state index in [-0.39, 0.29) is 11.7 Å². The van der Waals surface area contributed by atoms with Crippen LogP contribution < -0.4 is 24.4 Å². The van der Waals surface area contributed by atoms with E-state index in [1.54, 1.807) is 32.4 Å². The van der Waals surface area contributed by atoms with Crippen molar-refractivity contribution in [3.05, 3.63) is 90.6 Å². The average Bonchev–Trinajstić information content (AvgIpc) is 3.16. The molecule has 3 aromatic rings. The van der Waals surface area contributed by atoms with Gasteiger partial charge in [0.1, 0.15) is 11.5 Å². The van der Waals surface area contributed by atoms with Crippen LogP contribution in [0, 0.1) is 5.92 Å². The van der Waals surface area contributed by atoms with Crippen molar-refractivity contribution in [1.29, 1.82) is 0 Å². The number of ether oxygens (including phenoxy) is 3. The van der Waals surface area contributed by atoms with Gasteiger partial charge in [0, 0.05) is 0 Å². The van der Waals surface area contributed by atoms with E-state index in [4.69, 9.17) is 14.2 Å². The molecule has 7 nitrogen and oxygen atoms in total. The van der Waals surface area contributed by atoms with E-state index in [1.807, 2.05) is 54.6 Å². The van der Waals surface area contributed by atoms with Crippen LogP contribution in [-0.4, -0.2) is 30.4 Å². The zero-order valence-corrected chi connectivity index (χ0v) is 22.8. The Balaban J connectivity index is 1.80. The molecule has 0 unspecified atom stereocenters. The van der Waals surface area contributed by atoms with Crippen LogP contribution in [0.3, 0.4) is 0 Å². The number of fused-ring (bicyclic) bond motifs is 1. The topological polar surface area (TPSA) is 79.1 Å². The molecule has 0 bridgehead atoms. The summed E-state index contributed by atoms with van der Waals surface area (Å²) in [4.78, 5) is 32.1. The molecule has 4 rings (SSSR count). The van der Waals surface area contributed by atoms with Gasteiger partial charge in [0.25, 0.3) is 5.56 Å². The molecule has 2 heterocycles. The fourth-order valence-electron chi connectivity index (χ4n) is 4.04. The van der Waals surface area contributed by atoms with E-state index in [9.17, 15) is 9.59 Å². The summed E-state index contributed by atoms with van der Waals surface area (Å²) in [7, 11) is 1.59. The van der Waals surface area contributed by atoms with Crippen molar-refractivity contribution in [1.82, 2.24) is 4.57 Å². The molecule has 0 spiro atoms. The number of nitrogens with zero attached hydrogens (tertiary/aromatic N) is 2. The highest BCUT2D eigenvalue weighted by molar-refractivity contribution is 7.07. The molecule has 2 aromatic carbocycles. The van der Waals surface area contributed by atoms with Crippen molar-refractivity contribution in [3.63, 3.8) is 0 Å². The Kier molecular flexibility index (Phi) is 7.97. The zero-order valence-electron chi connectivity index (χ0n) is 22.0. The maximum absolute atomic E-state index is 13.7. The maximum Gasteiger partial charge on any atom is 0.338 e. The SMILES string of the molecule is COc1ccc([C@H]2C(C(=O)OC(C)C)=C(C)N=c3s/c(=C/c4ccc(OCC(C)C)cc4)c(=O)n32)cc1. The molecule has 1 atom stereocenters. The Bertz CT molecular complexity index is 1480. The summed E-state index contributed by atoms with van der Waals surface area (Å²) in [6.45, 7) is 10.2. The first kappa shape index (κ1) is 26.4. The van der Waals surface area contributed by atoms with Gasteiger partial charge in [0.15, 0.2) is 4.80 Å². The molecular formula is C29H32N2O5S. The van der Waals surface area contributed by atoms with Gasteiger partial charge in [-0.3, -0.25) is 9.36 Å². The number of carbonyl (C=O) groups is 1. The number of esters is 1. The molecule has 8 heteroatoms. The Morgan fingerprint density at radius 2 is 1.70 bits per heavy atom. The molecule has 0 radical (unpaired) electrons. The molecule has 1 aliphatic rings. The predicted molar refractivity (Wildman–Crippen MR) is 145 cm³/mol. The maximum atomic E-state index is 13.7. The molecule has 0 saturated heterocycles. The average molecular weight is 521 g/mol. The third-order valence-electron chi connectivity index (χ3n) is 5.78. The van der Waals surface area contributed by atoms with E-state index in [1.165, 1.54) is 11.3 Å². The van der Waals surface area contributed by atoms with Crippen LogP contribution in [0.5, 0.6) is 11.5 Å². The Morgan fingerprint density at radius 3 is 2.30 bits per heavy atom. The first-order valence-corrected chi connectivity index (χ1v) is 13.1. The third kappa shape index (κ3) is 5.85. The number of carbonyl (C=O) groups excluding carboxylic acids is 1. The van der Waals surface area contributed by atoms with E-state index < -0.39 is 12.0 Å². The third-order valence-corrected chi connectivity index (χ3v) is 6.76. The van der Waals surface area contributed by atoms with Gasteiger partial charge in [-0.05, 0) is 68.2 Å². The van der Waals surface area contributed by atoms with Gasteiger partial charge < -0.3 is 14.2 Å². The number of methoxy groups -OCH3 is 1. The number of aromatic nitrogens is 1. The van der Waals surface area contributed by atoms with Crippen molar-refractivity contribution in [2.24, 2.45) is 10.9 Å². The van der Waals surface area contributed by atoms with Crippen LogP contribution in [0.1, 0.15) is 51.8 Å². The van der Waals surface area contributed by atoms with Crippen molar-refractivity contribution < 1.29 is 19.0 Å². The van der Waals surface area contributed by atoms with Gasteiger partial charge in [-0.25, -0.2) is 9.79 Å². The highest BCUT2D eigenvalue weighted by Gasteiger charge is 2.33.